The van der Waals surface area contributed by atoms with Gasteiger partial charge in [-0.25, -0.2) is 13.7 Å². The van der Waals surface area contributed by atoms with E-state index in [0.29, 0.717) is 28.8 Å². The predicted molar refractivity (Wildman–Crippen MR) is 137 cm³/mol. The van der Waals surface area contributed by atoms with Crippen LogP contribution in [-0.4, -0.2) is 51.8 Å². The molecule has 0 saturated carbocycles. The number of hydrogen-bond acceptors (Lipinski definition) is 7. The third kappa shape index (κ3) is 12.1. The van der Waals surface area contributed by atoms with Crippen molar-refractivity contribution in [1.82, 2.24) is 4.31 Å². The zero-order chi connectivity index (χ0) is 24.5. The van der Waals surface area contributed by atoms with Gasteiger partial charge in [-0.05, 0) is 56.0 Å². The number of fused-ring (bicyclic) bond motifs is 1. The van der Waals surface area contributed by atoms with E-state index < -0.39 is 11.0 Å². The Morgan fingerprint density at radius 2 is 2.09 bits per heavy atom. The third-order valence-electron chi connectivity index (χ3n) is 3.94. The van der Waals surface area contributed by atoms with Gasteiger partial charge in [-0.1, -0.05) is 43.7 Å². The number of aliphatic hydroxyl groups is 2. The van der Waals surface area contributed by atoms with E-state index in [2.05, 4.69) is 16.2 Å². The van der Waals surface area contributed by atoms with Crippen LogP contribution in [-0.2, 0) is 15.7 Å². The van der Waals surface area contributed by atoms with Crippen LogP contribution in [0.1, 0.15) is 34.1 Å². The van der Waals surface area contributed by atoms with Crippen molar-refractivity contribution in [1.29, 1.82) is 0 Å². The Balaban J connectivity index is 0.00000104. The van der Waals surface area contributed by atoms with Gasteiger partial charge >= 0.3 is 0 Å². The number of aliphatic hydroxyl groups excluding tert-OH is 2. The third-order valence-corrected chi connectivity index (χ3v) is 6.24. The summed E-state index contributed by atoms with van der Waals surface area (Å²) in [5.74, 6) is 0. The molecule has 2 rings (SSSR count). The van der Waals surface area contributed by atoms with Crippen molar-refractivity contribution in [3.8, 4) is 0 Å². The van der Waals surface area contributed by atoms with E-state index in [1.165, 1.54) is 0 Å². The normalized spacial score (nSPS) is 14.3. The van der Waals surface area contributed by atoms with Crippen molar-refractivity contribution in [3.05, 3.63) is 53.3 Å². The van der Waals surface area contributed by atoms with Crippen molar-refractivity contribution in [2.75, 3.05) is 38.4 Å². The fourth-order valence-corrected chi connectivity index (χ4v) is 4.03. The molecule has 1 aliphatic rings. The molecule has 182 valence electrons. The Hall–Kier alpha value is -1.33. The highest BCUT2D eigenvalue weighted by molar-refractivity contribution is 7.97. The molecule has 0 amide bonds. The Bertz CT molecular complexity index is 789. The number of nitrogens with two attached hydrogens (primary N) is 1. The molecule has 0 radical (unpaired) electrons. The SMILES string of the molecule is C/C=C(\C)CO.C=C(/C=C/OCCCN1CNc2cc(Cl)c(S(N)=O)cc2S1)CO.CC. The number of ether oxygens (including phenoxy) is 1. The molecule has 0 saturated heterocycles. The number of rotatable bonds is 9. The smallest absolute Gasteiger partial charge is 0.123 e. The number of allylic oxidation sites excluding steroid dienone is 1. The molecule has 0 bridgehead atoms. The number of nitrogens with one attached hydrogen (secondary N) is 1. The summed E-state index contributed by atoms with van der Waals surface area (Å²) in [5.41, 5.74) is 2.54. The lowest BCUT2D eigenvalue weighted by Crippen LogP contribution is -2.28. The van der Waals surface area contributed by atoms with Crippen LogP contribution in [0.15, 0.2) is 58.1 Å². The van der Waals surface area contributed by atoms with E-state index >= 15 is 0 Å². The lowest BCUT2D eigenvalue weighted by Gasteiger charge is -2.29. The monoisotopic (exact) mass is 505 g/mol. The molecule has 1 aromatic rings. The van der Waals surface area contributed by atoms with Crippen molar-refractivity contribution < 1.29 is 19.2 Å². The quantitative estimate of drug-likeness (QED) is 0.129. The van der Waals surface area contributed by atoms with Gasteiger partial charge in [-0.3, -0.25) is 0 Å². The molecular weight excluding hydrogens is 470 g/mol. The maximum absolute atomic E-state index is 11.5. The number of halogens is 1. The van der Waals surface area contributed by atoms with Gasteiger partial charge in [0.2, 0.25) is 0 Å². The second-order valence-electron chi connectivity index (χ2n) is 6.34. The summed E-state index contributed by atoms with van der Waals surface area (Å²) in [6, 6.07) is 3.51. The average molecular weight is 506 g/mol. The van der Waals surface area contributed by atoms with Gasteiger partial charge in [0, 0.05) is 11.4 Å². The summed E-state index contributed by atoms with van der Waals surface area (Å²) in [7, 11) is -1.61. The molecule has 5 N–H and O–H groups in total. The van der Waals surface area contributed by atoms with E-state index in [-0.39, 0.29) is 13.2 Å². The van der Waals surface area contributed by atoms with E-state index in [1.807, 2.05) is 33.8 Å². The first-order valence-corrected chi connectivity index (χ1v) is 12.6. The summed E-state index contributed by atoms with van der Waals surface area (Å²) in [4.78, 5) is 1.38. The van der Waals surface area contributed by atoms with E-state index in [9.17, 15) is 4.21 Å². The summed E-state index contributed by atoms with van der Waals surface area (Å²) < 4.78 is 19.0. The van der Waals surface area contributed by atoms with E-state index in [0.717, 1.165) is 29.1 Å². The van der Waals surface area contributed by atoms with Gasteiger partial charge in [-0.15, -0.1) is 0 Å². The second kappa shape index (κ2) is 18.1. The summed E-state index contributed by atoms with van der Waals surface area (Å²) in [5, 5.41) is 26.2. The molecule has 1 unspecified atom stereocenters. The van der Waals surface area contributed by atoms with Crippen molar-refractivity contribution in [2.45, 2.75) is 43.9 Å². The van der Waals surface area contributed by atoms with Crippen LogP contribution in [0.25, 0.3) is 0 Å². The number of hydrogen-bond donors (Lipinski definition) is 4. The molecule has 1 aliphatic heterocycles. The molecule has 7 nitrogen and oxygen atoms in total. The largest absolute Gasteiger partial charge is 0.501 e. The van der Waals surface area contributed by atoms with Gasteiger partial charge in [0.1, 0.15) is 11.0 Å². The molecule has 0 spiro atoms. The van der Waals surface area contributed by atoms with Gasteiger partial charge in [0.25, 0.3) is 0 Å². The van der Waals surface area contributed by atoms with Crippen LogP contribution in [0.4, 0.5) is 5.69 Å². The Morgan fingerprint density at radius 1 is 1.41 bits per heavy atom. The predicted octanol–water partition coefficient (Wildman–Crippen LogP) is 4.45. The van der Waals surface area contributed by atoms with Crippen LogP contribution in [0.2, 0.25) is 5.02 Å². The van der Waals surface area contributed by atoms with Crippen LogP contribution in [0.5, 0.6) is 0 Å². The summed E-state index contributed by atoms with van der Waals surface area (Å²) in [6.07, 6.45) is 5.91. The highest BCUT2D eigenvalue weighted by Crippen LogP contribution is 2.38. The molecule has 32 heavy (non-hydrogen) atoms. The fourth-order valence-electron chi connectivity index (χ4n) is 2.05. The molecule has 0 fully saturated rings. The molecular formula is C22H36ClN3O4S2. The summed E-state index contributed by atoms with van der Waals surface area (Å²) >= 11 is 7.65. The van der Waals surface area contributed by atoms with Crippen LogP contribution >= 0.6 is 23.5 Å². The first-order chi connectivity index (χ1) is 15.3. The van der Waals surface area contributed by atoms with Crippen LogP contribution in [0.3, 0.4) is 0 Å². The maximum Gasteiger partial charge on any atom is 0.123 e. The topological polar surface area (TPSA) is 108 Å². The standard InChI is InChI=1S/C15H20ClN3O3S2.C5H10O.C2H6/c1-11(9-20)3-6-22-5-2-4-19-10-18-13-7-12(16)15(24(17)21)8-14(13)23-19;1-3-5(2)4-6;1-2/h3,6-8,18,20H,1-2,4-5,9-10,17H2;3,6H,4H2,1-2H3;1-2H3/b6-3+;5-3+;. The molecule has 1 atom stereocenters. The van der Waals surface area contributed by atoms with Gasteiger partial charge in [0.05, 0.1) is 48.4 Å². The zero-order valence-electron chi connectivity index (χ0n) is 19.3. The lowest BCUT2D eigenvalue weighted by atomic mass is 10.3. The minimum Gasteiger partial charge on any atom is -0.501 e. The van der Waals surface area contributed by atoms with E-state index in [1.54, 1.807) is 36.4 Å². The minimum absolute atomic E-state index is 0.0745. The van der Waals surface area contributed by atoms with Crippen LogP contribution < -0.4 is 10.5 Å². The van der Waals surface area contributed by atoms with Gasteiger partial charge < -0.3 is 20.3 Å². The molecule has 1 heterocycles. The van der Waals surface area contributed by atoms with Gasteiger partial charge in [-0.2, -0.15) is 0 Å². The summed E-state index contributed by atoms with van der Waals surface area (Å²) in [6.45, 7) is 13.6. The number of nitrogens with zero attached hydrogens (tertiary/aromatic N) is 1. The first-order valence-electron chi connectivity index (χ1n) is 10.3. The molecule has 0 aromatic heterocycles. The molecule has 10 heteroatoms. The van der Waals surface area contributed by atoms with E-state index in [4.69, 9.17) is 31.7 Å². The van der Waals surface area contributed by atoms with Crippen molar-refractivity contribution in [3.63, 3.8) is 0 Å². The van der Waals surface area contributed by atoms with Crippen LogP contribution in [0, 0.1) is 0 Å². The minimum atomic E-state index is -1.61. The second-order valence-corrected chi connectivity index (χ2v) is 8.93. The Kier molecular flexibility index (Phi) is 17.4. The Labute approximate surface area is 204 Å². The van der Waals surface area contributed by atoms with Gasteiger partial charge in [0.15, 0.2) is 0 Å². The highest BCUT2D eigenvalue weighted by atomic mass is 35.5. The molecule has 0 aliphatic carbocycles. The average Bonchev–Trinajstić information content (AvgIpc) is 2.81. The number of benzene rings is 1. The fraction of sp³-hybridized carbons (Fsp3) is 0.455. The lowest BCUT2D eigenvalue weighted by molar-refractivity contribution is 0.235. The first kappa shape index (κ1) is 30.7. The zero-order valence-corrected chi connectivity index (χ0v) is 21.7. The molecule has 1 aromatic carbocycles. The maximum atomic E-state index is 11.5. The highest BCUT2D eigenvalue weighted by Gasteiger charge is 2.19. The van der Waals surface area contributed by atoms with Crippen molar-refractivity contribution >= 4 is 40.2 Å². The van der Waals surface area contributed by atoms with Crippen molar-refractivity contribution in [2.24, 2.45) is 5.14 Å². The number of anilines is 1. The Morgan fingerprint density at radius 3 is 2.62 bits per heavy atom.